The van der Waals surface area contributed by atoms with Gasteiger partial charge in [0.05, 0.1) is 16.1 Å². The van der Waals surface area contributed by atoms with Crippen LogP contribution < -0.4 is 5.32 Å². The van der Waals surface area contributed by atoms with Crippen LogP contribution in [0, 0.1) is 0 Å². The zero-order valence-corrected chi connectivity index (χ0v) is 12.2. The van der Waals surface area contributed by atoms with E-state index in [9.17, 15) is 8.78 Å². The Balaban J connectivity index is 2.38. The number of hydrogen-bond donors (Lipinski definition) is 1. The quantitative estimate of drug-likeness (QED) is 0.847. The summed E-state index contributed by atoms with van der Waals surface area (Å²) in [5, 5.41) is 3.78. The summed E-state index contributed by atoms with van der Waals surface area (Å²) in [6.07, 6.45) is -2.55. The number of halogens is 5. The minimum absolute atomic E-state index is 0.148. The Kier molecular flexibility index (Phi) is 5.26. The van der Waals surface area contributed by atoms with E-state index >= 15 is 0 Å². The minimum Gasteiger partial charge on any atom is -0.314 e. The highest BCUT2D eigenvalue weighted by Crippen LogP contribution is 2.38. The topological polar surface area (TPSA) is 15.3 Å². The lowest BCUT2D eigenvalue weighted by Gasteiger charge is -2.35. The molecule has 1 atom stereocenters. The maximum atomic E-state index is 13.4. The van der Waals surface area contributed by atoms with E-state index in [1.165, 1.54) is 12.1 Å². The van der Waals surface area contributed by atoms with Crippen molar-refractivity contribution in [3.8, 4) is 0 Å². The van der Waals surface area contributed by atoms with E-state index in [2.05, 4.69) is 5.32 Å². The molecule has 1 aromatic rings. The summed E-state index contributed by atoms with van der Waals surface area (Å²) in [5.41, 5.74) is 0.288. The second-order valence-corrected chi connectivity index (χ2v) is 5.58. The first-order chi connectivity index (χ1) is 9.00. The van der Waals surface area contributed by atoms with Crippen molar-refractivity contribution in [2.45, 2.75) is 12.5 Å². The lowest BCUT2D eigenvalue weighted by Crippen LogP contribution is -2.47. The van der Waals surface area contributed by atoms with Gasteiger partial charge in [0.25, 0.3) is 6.43 Å². The van der Waals surface area contributed by atoms with E-state index in [1.807, 2.05) is 0 Å². The maximum absolute atomic E-state index is 13.4. The second kappa shape index (κ2) is 6.55. The van der Waals surface area contributed by atoms with Crippen molar-refractivity contribution < 1.29 is 8.78 Å². The van der Waals surface area contributed by atoms with Crippen LogP contribution in [0.5, 0.6) is 0 Å². The Hall–Kier alpha value is -0.130. The molecule has 0 spiro atoms. The van der Waals surface area contributed by atoms with Gasteiger partial charge in [-0.15, -0.1) is 0 Å². The van der Waals surface area contributed by atoms with Crippen molar-refractivity contribution in [3.63, 3.8) is 0 Å². The number of benzene rings is 1. The van der Waals surface area contributed by atoms with Crippen LogP contribution in [0.4, 0.5) is 8.78 Å². The van der Waals surface area contributed by atoms with Crippen LogP contribution in [0.1, 0.15) is 11.6 Å². The third kappa shape index (κ3) is 3.50. The van der Waals surface area contributed by atoms with Gasteiger partial charge in [-0.05, 0) is 17.7 Å². The molecule has 0 amide bonds. The van der Waals surface area contributed by atoms with Gasteiger partial charge in [-0.3, -0.25) is 4.90 Å². The fourth-order valence-corrected chi connectivity index (χ4v) is 2.97. The van der Waals surface area contributed by atoms with Crippen molar-refractivity contribution in [2.75, 3.05) is 26.2 Å². The van der Waals surface area contributed by atoms with Crippen molar-refractivity contribution in [1.29, 1.82) is 0 Å². The zero-order valence-electron chi connectivity index (χ0n) is 9.97. The molecule has 1 aromatic carbocycles. The standard InChI is InChI=1S/C12H13Cl3F2N2/c13-7-5-8(10(15)9(14)6-7)11(12(16)17)19-3-1-18-2-4-19/h5-6,11-12,18H,1-4H2/t11-/m1/s1. The molecule has 2 rings (SSSR count). The van der Waals surface area contributed by atoms with E-state index in [1.54, 1.807) is 4.90 Å². The minimum atomic E-state index is -2.55. The third-order valence-electron chi connectivity index (χ3n) is 3.12. The summed E-state index contributed by atoms with van der Waals surface area (Å²) < 4.78 is 26.8. The number of alkyl halides is 2. The molecule has 7 heteroatoms. The molecule has 0 bridgehead atoms. The molecule has 1 fully saturated rings. The van der Waals surface area contributed by atoms with Gasteiger partial charge in [0.15, 0.2) is 0 Å². The fourth-order valence-electron chi connectivity index (χ4n) is 2.24. The number of nitrogens with zero attached hydrogens (tertiary/aromatic N) is 1. The molecule has 0 aromatic heterocycles. The molecule has 1 saturated heterocycles. The lowest BCUT2D eigenvalue weighted by atomic mass is 10.0. The van der Waals surface area contributed by atoms with Crippen molar-refractivity contribution in [1.82, 2.24) is 10.2 Å². The Morgan fingerprint density at radius 1 is 1.11 bits per heavy atom. The Bertz CT molecular complexity index is 451. The highest BCUT2D eigenvalue weighted by atomic mass is 35.5. The van der Waals surface area contributed by atoms with E-state index in [0.717, 1.165) is 0 Å². The first kappa shape index (κ1) is 15.3. The van der Waals surface area contributed by atoms with Gasteiger partial charge in [-0.2, -0.15) is 0 Å². The average Bonchev–Trinajstić information content (AvgIpc) is 2.36. The van der Waals surface area contributed by atoms with Gasteiger partial charge < -0.3 is 5.32 Å². The zero-order chi connectivity index (χ0) is 14.0. The SMILES string of the molecule is FC(F)[C@@H](c1cc(Cl)cc(Cl)c1Cl)N1CCNCC1. The summed E-state index contributed by atoms with van der Waals surface area (Å²) in [6.45, 7) is 2.43. The van der Waals surface area contributed by atoms with Crippen LogP contribution in [0.2, 0.25) is 15.1 Å². The number of piperazine rings is 1. The molecule has 19 heavy (non-hydrogen) atoms. The highest BCUT2D eigenvalue weighted by molar-refractivity contribution is 6.43. The predicted octanol–water partition coefficient (Wildman–Crippen LogP) is 3.86. The fraction of sp³-hybridized carbons (Fsp3) is 0.500. The van der Waals surface area contributed by atoms with Crippen molar-refractivity contribution in [3.05, 3.63) is 32.8 Å². The molecular weight excluding hydrogens is 317 g/mol. The molecule has 0 saturated carbocycles. The van der Waals surface area contributed by atoms with Crippen LogP contribution in [-0.4, -0.2) is 37.5 Å². The van der Waals surface area contributed by atoms with E-state index in [-0.39, 0.29) is 15.6 Å². The predicted molar refractivity (Wildman–Crippen MR) is 74.7 cm³/mol. The lowest BCUT2D eigenvalue weighted by molar-refractivity contribution is 0.0182. The monoisotopic (exact) mass is 328 g/mol. The summed E-state index contributed by atoms with van der Waals surface area (Å²) in [7, 11) is 0. The van der Waals surface area contributed by atoms with Crippen molar-refractivity contribution >= 4 is 34.8 Å². The smallest absolute Gasteiger partial charge is 0.258 e. The molecule has 1 heterocycles. The molecule has 1 N–H and O–H groups in total. The van der Waals surface area contributed by atoms with Gasteiger partial charge in [0.1, 0.15) is 0 Å². The van der Waals surface area contributed by atoms with Crippen LogP contribution in [0.25, 0.3) is 0 Å². The summed E-state index contributed by atoms with van der Waals surface area (Å²) in [4.78, 5) is 1.70. The first-order valence-corrected chi connectivity index (χ1v) is 7.01. The molecular formula is C12H13Cl3F2N2. The highest BCUT2D eigenvalue weighted by Gasteiger charge is 2.32. The van der Waals surface area contributed by atoms with Gasteiger partial charge in [-0.25, -0.2) is 8.78 Å². The van der Waals surface area contributed by atoms with E-state index < -0.39 is 12.5 Å². The van der Waals surface area contributed by atoms with Crippen LogP contribution in [0.15, 0.2) is 12.1 Å². The molecule has 1 aliphatic heterocycles. The first-order valence-electron chi connectivity index (χ1n) is 5.88. The number of rotatable bonds is 3. The van der Waals surface area contributed by atoms with E-state index in [0.29, 0.717) is 31.2 Å². The normalized spacial score (nSPS) is 18.8. The molecule has 0 radical (unpaired) electrons. The molecule has 0 aliphatic carbocycles. The van der Waals surface area contributed by atoms with Crippen LogP contribution in [0.3, 0.4) is 0 Å². The Morgan fingerprint density at radius 3 is 2.32 bits per heavy atom. The molecule has 0 unspecified atom stereocenters. The van der Waals surface area contributed by atoms with Gasteiger partial charge in [-0.1, -0.05) is 34.8 Å². The largest absolute Gasteiger partial charge is 0.314 e. The third-order valence-corrected chi connectivity index (χ3v) is 4.16. The van der Waals surface area contributed by atoms with Crippen LogP contribution in [-0.2, 0) is 0 Å². The molecule has 1 aliphatic rings. The van der Waals surface area contributed by atoms with E-state index in [4.69, 9.17) is 34.8 Å². The second-order valence-electron chi connectivity index (χ2n) is 4.36. The van der Waals surface area contributed by atoms with Gasteiger partial charge in [0.2, 0.25) is 0 Å². The summed E-state index contributed by atoms with van der Waals surface area (Å²) >= 11 is 17.9. The summed E-state index contributed by atoms with van der Waals surface area (Å²) in [5.74, 6) is 0. The van der Waals surface area contributed by atoms with Crippen molar-refractivity contribution in [2.24, 2.45) is 0 Å². The van der Waals surface area contributed by atoms with Gasteiger partial charge >= 0.3 is 0 Å². The molecule has 2 nitrogen and oxygen atoms in total. The number of hydrogen-bond acceptors (Lipinski definition) is 2. The van der Waals surface area contributed by atoms with Crippen LogP contribution >= 0.6 is 34.8 Å². The molecule has 106 valence electrons. The Labute approximate surface area is 125 Å². The average molecular weight is 330 g/mol. The maximum Gasteiger partial charge on any atom is 0.258 e. The van der Waals surface area contributed by atoms with Gasteiger partial charge in [0, 0.05) is 31.2 Å². The summed E-state index contributed by atoms with van der Waals surface area (Å²) in [6, 6.07) is 1.84. The number of nitrogens with one attached hydrogen (secondary N) is 1. The Morgan fingerprint density at radius 2 is 1.74 bits per heavy atom.